The highest BCUT2D eigenvalue weighted by Gasteiger charge is 2.19. The number of esters is 2. The number of benzene rings is 2. The second-order valence-electron chi connectivity index (χ2n) is 5.88. The summed E-state index contributed by atoms with van der Waals surface area (Å²) in [5.74, 6) is -1.17. The van der Waals surface area contributed by atoms with Crippen molar-refractivity contribution in [2.45, 2.75) is 32.6 Å². The Hall–Kier alpha value is -3.22. The molecule has 2 aromatic rings. The summed E-state index contributed by atoms with van der Waals surface area (Å²) >= 11 is 0. The van der Waals surface area contributed by atoms with Gasteiger partial charge in [-0.3, -0.25) is 10.1 Å². The molecule has 0 saturated heterocycles. The van der Waals surface area contributed by atoms with Crippen LogP contribution in [-0.2, 0) is 4.74 Å². The molecule has 142 valence electrons. The topological polar surface area (TPSA) is 95.7 Å². The van der Waals surface area contributed by atoms with E-state index >= 15 is 0 Å². The predicted molar refractivity (Wildman–Crippen MR) is 98.9 cm³/mol. The summed E-state index contributed by atoms with van der Waals surface area (Å²) in [4.78, 5) is 34.8. The normalized spacial score (nSPS) is 10.3. The number of nitrogens with zero attached hydrogens (tertiary/aromatic N) is 1. The summed E-state index contributed by atoms with van der Waals surface area (Å²) in [7, 11) is 0. The van der Waals surface area contributed by atoms with Gasteiger partial charge in [0, 0.05) is 12.1 Å². The summed E-state index contributed by atoms with van der Waals surface area (Å²) in [5, 5.41) is 10.7. The number of hydrogen-bond donors (Lipinski definition) is 0. The van der Waals surface area contributed by atoms with Gasteiger partial charge < -0.3 is 9.47 Å². The van der Waals surface area contributed by atoms with Gasteiger partial charge >= 0.3 is 11.9 Å². The van der Waals surface area contributed by atoms with E-state index in [1.54, 1.807) is 12.1 Å². The number of carbonyl (C=O) groups is 2. The average molecular weight is 371 g/mol. The first-order valence-electron chi connectivity index (χ1n) is 8.75. The van der Waals surface area contributed by atoms with Crippen molar-refractivity contribution in [2.24, 2.45) is 0 Å². The van der Waals surface area contributed by atoms with E-state index < -0.39 is 16.9 Å². The zero-order valence-corrected chi connectivity index (χ0v) is 15.1. The van der Waals surface area contributed by atoms with Crippen molar-refractivity contribution in [2.75, 3.05) is 6.61 Å². The highest BCUT2D eigenvalue weighted by atomic mass is 16.6. The van der Waals surface area contributed by atoms with Crippen molar-refractivity contribution in [3.05, 3.63) is 69.8 Å². The average Bonchev–Trinajstić information content (AvgIpc) is 2.68. The quantitative estimate of drug-likeness (QED) is 0.211. The van der Waals surface area contributed by atoms with Gasteiger partial charge in [-0.15, -0.1) is 0 Å². The number of non-ortho nitro benzene ring substituents is 1. The minimum Gasteiger partial charge on any atom is -0.462 e. The molecular formula is C20H21NO6. The lowest BCUT2D eigenvalue weighted by Crippen LogP contribution is -2.16. The highest BCUT2D eigenvalue weighted by molar-refractivity contribution is 6.03. The minimum atomic E-state index is -0.734. The number of rotatable bonds is 9. The fourth-order valence-electron chi connectivity index (χ4n) is 2.41. The molecule has 0 atom stereocenters. The van der Waals surface area contributed by atoms with E-state index in [-0.39, 0.29) is 22.6 Å². The molecule has 0 fully saturated rings. The Labute approximate surface area is 157 Å². The molecule has 0 aliphatic heterocycles. The first-order valence-corrected chi connectivity index (χ1v) is 8.75. The van der Waals surface area contributed by atoms with E-state index in [9.17, 15) is 19.7 Å². The van der Waals surface area contributed by atoms with Crippen LogP contribution in [-0.4, -0.2) is 23.5 Å². The number of hydrogen-bond acceptors (Lipinski definition) is 6. The van der Waals surface area contributed by atoms with Crippen molar-refractivity contribution < 1.29 is 24.0 Å². The van der Waals surface area contributed by atoms with Crippen LogP contribution >= 0.6 is 0 Å². The lowest BCUT2D eigenvalue weighted by Gasteiger charge is -2.09. The zero-order chi connectivity index (χ0) is 19.6. The van der Waals surface area contributed by atoms with Gasteiger partial charge in [0.1, 0.15) is 5.75 Å². The lowest BCUT2D eigenvalue weighted by molar-refractivity contribution is -0.384. The van der Waals surface area contributed by atoms with Crippen LogP contribution in [0.1, 0.15) is 53.3 Å². The maximum atomic E-state index is 12.4. The first-order chi connectivity index (χ1) is 13.0. The van der Waals surface area contributed by atoms with Crippen molar-refractivity contribution in [3.8, 4) is 5.75 Å². The summed E-state index contributed by atoms with van der Waals surface area (Å²) < 4.78 is 10.5. The molecule has 0 amide bonds. The van der Waals surface area contributed by atoms with E-state index in [0.29, 0.717) is 6.61 Å². The van der Waals surface area contributed by atoms with Crippen molar-refractivity contribution in [1.29, 1.82) is 0 Å². The second-order valence-corrected chi connectivity index (χ2v) is 5.88. The van der Waals surface area contributed by atoms with Crippen molar-refractivity contribution in [3.63, 3.8) is 0 Å². The second kappa shape index (κ2) is 10.1. The molecule has 7 heteroatoms. The fourth-order valence-corrected chi connectivity index (χ4v) is 2.41. The Kier molecular flexibility index (Phi) is 7.49. The third-order valence-corrected chi connectivity index (χ3v) is 3.86. The summed E-state index contributed by atoms with van der Waals surface area (Å²) in [6.45, 7) is 2.39. The maximum Gasteiger partial charge on any atom is 0.344 e. The van der Waals surface area contributed by atoms with E-state index in [4.69, 9.17) is 9.47 Å². The van der Waals surface area contributed by atoms with Gasteiger partial charge in [0.15, 0.2) is 0 Å². The molecule has 27 heavy (non-hydrogen) atoms. The van der Waals surface area contributed by atoms with Gasteiger partial charge in [0.2, 0.25) is 0 Å². The zero-order valence-electron chi connectivity index (χ0n) is 15.1. The van der Waals surface area contributed by atoms with Crippen LogP contribution in [0.4, 0.5) is 5.69 Å². The molecule has 0 aliphatic rings. The van der Waals surface area contributed by atoms with Crippen molar-refractivity contribution in [1.82, 2.24) is 0 Å². The molecule has 2 aromatic carbocycles. The third kappa shape index (κ3) is 5.91. The summed E-state index contributed by atoms with van der Waals surface area (Å²) in [5.41, 5.74) is 0.0937. The van der Waals surface area contributed by atoms with E-state index in [2.05, 4.69) is 6.92 Å². The monoisotopic (exact) mass is 371 g/mol. The largest absolute Gasteiger partial charge is 0.462 e. The van der Waals surface area contributed by atoms with Crippen LogP contribution in [0, 0.1) is 10.1 Å². The molecule has 2 rings (SSSR count). The summed E-state index contributed by atoms with van der Waals surface area (Å²) in [6.07, 6.45) is 3.92. The Balaban J connectivity index is 2.03. The Morgan fingerprint density at radius 3 is 2.15 bits per heavy atom. The van der Waals surface area contributed by atoms with Gasteiger partial charge in [-0.25, -0.2) is 9.59 Å². The van der Waals surface area contributed by atoms with E-state index in [1.165, 1.54) is 36.4 Å². The van der Waals surface area contributed by atoms with Crippen LogP contribution in [0.25, 0.3) is 0 Å². The number of carbonyl (C=O) groups excluding carboxylic acids is 2. The molecule has 0 radical (unpaired) electrons. The predicted octanol–water partition coefficient (Wildman–Crippen LogP) is 4.55. The Morgan fingerprint density at radius 2 is 1.56 bits per heavy atom. The SMILES string of the molecule is CCCCCCOC(=O)c1ccccc1C(=O)Oc1ccc([N+](=O)[O-])cc1. The fraction of sp³-hybridized carbons (Fsp3) is 0.300. The van der Waals surface area contributed by atoms with E-state index in [1.807, 2.05) is 0 Å². The van der Waals surface area contributed by atoms with Crippen LogP contribution in [0.5, 0.6) is 5.75 Å². The van der Waals surface area contributed by atoms with Crippen LogP contribution in [0.15, 0.2) is 48.5 Å². The molecule has 7 nitrogen and oxygen atoms in total. The lowest BCUT2D eigenvalue weighted by atomic mass is 10.1. The van der Waals surface area contributed by atoms with Gasteiger partial charge in [-0.05, 0) is 30.7 Å². The molecule has 0 heterocycles. The van der Waals surface area contributed by atoms with Crippen LogP contribution in [0.3, 0.4) is 0 Å². The molecule has 0 bridgehead atoms. The van der Waals surface area contributed by atoms with Gasteiger partial charge in [0.05, 0.1) is 22.7 Å². The Morgan fingerprint density at radius 1 is 0.926 bits per heavy atom. The number of ether oxygens (including phenoxy) is 2. The van der Waals surface area contributed by atoms with Gasteiger partial charge in [0.25, 0.3) is 5.69 Å². The summed E-state index contributed by atoms with van der Waals surface area (Å²) in [6, 6.07) is 11.3. The van der Waals surface area contributed by atoms with Gasteiger partial charge in [-0.2, -0.15) is 0 Å². The van der Waals surface area contributed by atoms with Crippen LogP contribution < -0.4 is 4.74 Å². The molecule has 0 N–H and O–H groups in total. The maximum absolute atomic E-state index is 12.4. The highest BCUT2D eigenvalue weighted by Crippen LogP contribution is 2.20. The number of nitro benzene ring substituents is 1. The third-order valence-electron chi connectivity index (χ3n) is 3.86. The molecule has 0 unspecified atom stereocenters. The minimum absolute atomic E-state index is 0.0782. The molecule has 0 aromatic heterocycles. The van der Waals surface area contributed by atoms with E-state index in [0.717, 1.165) is 25.7 Å². The van der Waals surface area contributed by atoms with Crippen molar-refractivity contribution >= 4 is 17.6 Å². The first kappa shape index (κ1) is 20.1. The van der Waals surface area contributed by atoms with Gasteiger partial charge in [-0.1, -0.05) is 38.3 Å². The molecular weight excluding hydrogens is 350 g/mol. The number of nitro groups is 1. The Bertz CT molecular complexity index is 800. The molecule has 0 saturated carbocycles. The number of unbranched alkanes of at least 4 members (excludes halogenated alkanes) is 3. The molecule has 0 aliphatic carbocycles. The molecule has 0 spiro atoms. The smallest absolute Gasteiger partial charge is 0.344 e. The van der Waals surface area contributed by atoms with Crippen LogP contribution in [0.2, 0.25) is 0 Å². The standard InChI is InChI=1S/C20H21NO6/c1-2-3-4-7-14-26-19(22)17-8-5-6-9-18(17)20(23)27-16-12-10-15(11-13-16)21(24)25/h5-6,8-13H,2-4,7,14H2,1H3.